The summed E-state index contributed by atoms with van der Waals surface area (Å²) in [4.78, 5) is 17.4. The van der Waals surface area contributed by atoms with Gasteiger partial charge in [0.25, 0.3) is 0 Å². The summed E-state index contributed by atoms with van der Waals surface area (Å²) < 4.78 is 49.9. The van der Waals surface area contributed by atoms with Gasteiger partial charge in [0.05, 0.1) is 24.2 Å². The number of imidazole rings is 1. The number of nitrogens with one attached hydrogen (secondary N) is 2. The number of aromatic nitrogens is 2. The largest absolute Gasteiger partial charge is 0.497 e. The van der Waals surface area contributed by atoms with E-state index in [1.165, 1.54) is 31.4 Å². The number of urea groups is 1. The molecule has 0 spiro atoms. The number of hydrogen-bond donors (Lipinski definition) is 2. The maximum Gasteiger partial charge on any atom is 0.319 e. The molecule has 0 bridgehead atoms. The molecular formula is C24H19F3N4O2. The van der Waals surface area contributed by atoms with Gasteiger partial charge in [-0.3, -0.25) is 0 Å². The van der Waals surface area contributed by atoms with Crippen molar-refractivity contribution < 1.29 is 22.7 Å². The Morgan fingerprint density at radius 2 is 1.76 bits per heavy atom. The molecular weight excluding hydrogens is 433 g/mol. The molecule has 0 fully saturated rings. The van der Waals surface area contributed by atoms with E-state index in [-0.39, 0.29) is 17.9 Å². The number of carbonyl (C=O) groups excluding carboxylic acids is 1. The summed E-state index contributed by atoms with van der Waals surface area (Å²) in [6.45, 7) is 0.220. The molecule has 33 heavy (non-hydrogen) atoms. The number of amides is 2. The van der Waals surface area contributed by atoms with E-state index >= 15 is 0 Å². The first-order valence-electron chi connectivity index (χ1n) is 10.3. The Balaban J connectivity index is 1.52. The average molecular weight is 452 g/mol. The molecule has 2 N–H and O–H groups in total. The van der Waals surface area contributed by atoms with Crippen LogP contribution in [-0.4, -0.2) is 22.7 Å². The zero-order chi connectivity index (χ0) is 23.1. The molecule has 1 aliphatic heterocycles. The first-order valence-corrected chi connectivity index (χ1v) is 10.3. The second-order valence-corrected chi connectivity index (χ2v) is 7.76. The number of nitrogens with zero attached hydrogens (tertiary/aromatic N) is 2. The number of benzene rings is 3. The lowest BCUT2D eigenvalue weighted by atomic mass is 9.92. The van der Waals surface area contributed by atoms with Crippen molar-refractivity contribution in [2.45, 2.75) is 18.5 Å². The molecule has 0 saturated heterocycles. The van der Waals surface area contributed by atoms with Crippen molar-refractivity contribution >= 4 is 22.8 Å². The zero-order valence-corrected chi connectivity index (χ0v) is 17.5. The van der Waals surface area contributed by atoms with Crippen LogP contribution in [0, 0.1) is 17.5 Å². The summed E-state index contributed by atoms with van der Waals surface area (Å²) in [5.74, 6) is -2.16. The molecule has 168 valence electrons. The third kappa shape index (κ3) is 3.75. The number of halogens is 3. The minimum absolute atomic E-state index is 0.0634. The van der Waals surface area contributed by atoms with Crippen LogP contribution in [-0.2, 0) is 6.54 Å². The minimum Gasteiger partial charge on any atom is -0.497 e. The molecule has 2 atom stereocenters. The van der Waals surface area contributed by atoms with Crippen molar-refractivity contribution in [1.82, 2.24) is 14.9 Å². The number of hydrogen-bond acceptors (Lipinski definition) is 3. The van der Waals surface area contributed by atoms with Gasteiger partial charge in [0, 0.05) is 35.8 Å². The molecule has 3 aromatic carbocycles. The predicted molar refractivity (Wildman–Crippen MR) is 117 cm³/mol. The van der Waals surface area contributed by atoms with Crippen molar-refractivity contribution in [3.63, 3.8) is 0 Å². The van der Waals surface area contributed by atoms with Gasteiger partial charge in [0.15, 0.2) is 0 Å². The van der Waals surface area contributed by atoms with Crippen LogP contribution >= 0.6 is 0 Å². The fourth-order valence-corrected chi connectivity index (χ4v) is 4.30. The SMILES string of the molecule is COc1cc(F)c([C@@H]2Cn3c(nc4ccccc43)[C@H]2NC(=O)Nc2ccc(F)cc2)c(F)c1. The molecule has 0 unspecified atom stereocenters. The summed E-state index contributed by atoms with van der Waals surface area (Å²) in [7, 11) is 1.33. The van der Waals surface area contributed by atoms with Gasteiger partial charge in [-0.2, -0.15) is 0 Å². The summed E-state index contributed by atoms with van der Waals surface area (Å²) in [5, 5.41) is 5.42. The minimum atomic E-state index is -0.810. The molecule has 4 aromatic rings. The molecule has 0 aliphatic carbocycles. The van der Waals surface area contributed by atoms with Crippen molar-refractivity contribution in [1.29, 1.82) is 0 Å². The lowest BCUT2D eigenvalue weighted by molar-refractivity contribution is 0.246. The number of anilines is 1. The molecule has 1 aromatic heterocycles. The number of para-hydroxylation sites is 2. The van der Waals surface area contributed by atoms with Crippen LogP contribution < -0.4 is 15.4 Å². The second-order valence-electron chi connectivity index (χ2n) is 7.76. The number of fused-ring (bicyclic) bond motifs is 3. The van der Waals surface area contributed by atoms with Crippen LogP contribution in [0.1, 0.15) is 23.3 Å². The van der Waals surface area contributed by atoms with Crippen LogP contribution in [0.15, 0.2) is 60.7 Å². The molecule has 5 rings (SSSR count). The Morgan fingerprint density at radius 1 is 1.06 bits per heavy atom. The fraction of sp³-hybridized carbons (Fsp3) is 0.167. The first kappa shape index (κ1) is 20.9. The number of methoxy groups -OCH3 is 1. The number of ether oxygens (including phenoxy) is 1. The highest BCUT2D eigenvalue weighted by atomic mass is 19.1. The summed E-state index contributed by atoms with van der Waals surface area (Å²) in [6.07, 6.45) is 0. The standard InChI is InChI=1S/C24H19F3N4O2/c1-33-15-10-17(26)21(18(27)11-15)16-12-31-20-5-3-2-4-19(20)29-23(31)22(16)30-24(32)28-14-8-6-13(25)7-9-14/h2-11,16,22H,12H2,1H3,(H2,28,30,32)/t16-,22-/m0/s1. The highest BCUT2D eigenvalue weighted by molar-refractivity contribution is 5.89. The van der Waals surface area contributed by atoms with E-state index in [0.29, 0.717) is 17.0 Å². The summed E-state index contributed by atoms with van der Waals surface area (Å²) >= 11 is 0. The quantitative estimate of drug-likeness (QED) is 0.452. The third-order valence-corrected chi connectivity index (χ3v) is 5.79. The van der Waals surface area contributed by atoms with Crippen molar-refractivity contribution in [3.05, 3.63) is 89.5 Å². The Kier molecular flexibility index (Phi) is 5.16. The second kappa shape index (κ2) is 8.16. The van der Waals surface area contributed by atoms with Gasteiger partial charge in [-0.05, 0) is 36.4 Å². The number of carbonyl (C=O) groups is 1. The van der Waals surface area contributed by atoms with Gasteiger partial charge in [0.2, 0.25) is 0 Å². The summed E-state index contributed by atoms with van der Waals surface area (Å²) in [6, 6.07) is 13.5. The summed E-state index contributed by atoms with van der Waals surface area (Å²) in [5.41, 5.74) is 1.73. The van der Waals surface area contributed by atoms with Crippen LogP contribution in [0.2, 0.25) is 0 Å². The van der Waals surface area contributed by atoms with Gasteiger partial charge in [-0.25, -0.2) is 22.9 Å². The molecule has 0 saturated carbocycles. The maximum absolute atomic E-state index is 15.0. The Labute approximate surface area is 187 Å². The van der Waals surface area contributed by atoms with E-state index in [9.17, 15) is 18.0 Å². The normalized spacial score (nSPS) is 17.1. The first-order chi connectivity index (χ1) is 15.9. The number of rotatable bonds is 4. The van der Waals surface area contributed by atoms with Gasteiger partial charge in [0.1, 0.15) is 29.0 Å². The maximum atomic E-state index is 15.0. The molecule has 9 heteroatoms. The van der Waals surface area contributed by atoms with E-state index in [1.807, 2.05) is 28.8 Å². The van der Waals surface area contributed by atoms with Crippen LogP contribution in [0.25, 0.3) is 11.0 Å². The van der Waals surface area contributed by atoms with Crippen LogP contribution in [0.3, 0.4) is 0 Å². The molecule has 2 amide bonds. The zero-order valence-electron chi connectivity index (χ0n) is 17.5. The van der Waals surface area contributed by atoms with E-state index < -0.39 is 35.4 Å². The highest BCUT2D eigenvalue weighted by Crippen LogP contribution is 2.43. The Morgan fingerprint density at radius 3 is 2.45 bits per heavy atom. The van der Waals surface area contributed by atoms with Crippen molar-refractivity contribution in [2.24, 2.45) is 0 Å². The van der Waals surface area contributed by atoms with E-state index in [1.54, 1.807) is 0 Å². The lowest BCUT2D eigenvalue weighted by Gasteiger charge is -2.22. The van der Waals surface area contributed by atoms with Gasteiger partial charge < -0.3 is 19.9 Å². The predicted octanol–water partition coefficient (Wildman–Crippen LogP) is 5.12. The third-order valence-electron chi connectivity index (χ3n) is 5.79. The monoisotopic (exact) mass is 452 g/mol. The molecule has 2 heterocycles. The lowest BCUT2D eigenvalue weighted by Crippen LogP contribution is -2.35. The molecule has 1 aliphatic rings. The molecule has 6 nitrogen and oxygen atoms in total. The van der Waals surface area contributed by atoms with E-state index in [2.05, 4.69) is 15.6 Å². The van der Waals surface area contributed by atoms with Gasteiger partial charge >= 0.3 is 6.03 Å². The Hall–Kier alpha value is -4.01. The van der Waals surface area contributed by atoms with Crippen LogP contribution in [0.4, 0.5) is 23.7 Å². The highest BCUT2D eigenvalue weighted by Gasteiger charge is 2.40. The van der Waals surface area contributed by atoms with E-state index in [4.69, 9.17) is 4.74 Å². The fourth-order valence-electron chi connectivity index (χ4n) is 4.30. The van der Waals surface area contributed by atoms with Gasteiger partial charge in [-0.1, -0.05) is 12.1 Å². The van der Waals surface area contributed by atoms with Crippen LogP contribution in [0.5, 0.6) is 5.75 Å². The van der Waals surface area contributed by atoms with Crippen molar-refractivity contribution in [3.8, 4) is 5.75 Å². The molecule has 0 radical (unpaired) electrons. The smallest absolute Gasteiger partial charge is 0.319 e. The van der Waals surface area contributed by atoms with Gasteiger partial charge in [-0.15, -0.1) is 0 Å². The topological polar surface area (TPSA) is 68.2 Å². The van der Waals surface area contributed by atoms with Crippen molar-refractivity contribution in [2.75, 3.05) is 12.4 Å². The Bertz CT molecular complexity index is 1330. The van der Waals surface area contributed by atoms with E-state index in [0.717, 1.165) is 17.6 Å². The average Bonchev–Trinajstić information content (AvgIpc) is 3.32.